The van der Waals surface area contributed by atoms with E-state index in [2.05, 4.69) is 10.3 Å². The maximum absolute atomic E-state index is 12.4. The van der Waals surface area contributed by atoms with Gasteiger partial charge in [0.15, 0.2) is 0 Å². The van der Waals surface area contributed by atoms with Gasteiger partial charge in [0, 0.05) is 19.3 Å². The summed E-state index contributed by atoms with van der Waals surface area (Å²) >= 11 is 0. The topological polar surface area (TPSA) is 63.7 Å². The maximum atomic E-state index is 12.4. The number of hydrogen-bond acceptors (Lipinski definition) is 5. The first-order chi connectivity index (χ1) is 10.1. The highest BCUT2D eigenvalue weighted by Crippen LogP contribution is 2.22. The summed E-state index contributed by atoms with van der Waals surface area (Å²) in [4.78, 5) is 18.4. The number of carbonyl (C=O) groups excluding carboxylic acids is 1. The predicted molar refractivity (Wildman–Crippen MR) is 80.5 cm³/mol. The van der Waals surface area contributed by atoms with Crippen LogP contribution in [-0.4, -0.2) is 54.2 Å². The molecule has 0 bridgehead atoms. The molecule has 1 amide bonds. The lowest BCUT2D eigenvalue weighted by Gasteiger charge is -2.30. The highest BCUT2D eigenvalue weighted by molar-refractivity contribution is 5.84. The van der Waals surface area contributed by atoms with Gasteiger partial charge in [-0.1, -0.05) is 0 Å². The minimum atomic E-state index is -0.332. The fourth-order valence-electron chi connectivity index (χ4n) is 2.17. The molecule has 0 radical (unpaired) electrons. The van der Waals surface area contributed by atoms with Crippen molar-refractivity contribution in [2.75, 3.05) is 31.6 Å². The molecule has 6 nitrogen and oxygen atoms in total. The Hall–Kier alpha value is -1.82. The molecule has 1 aliphatic heterocycles. The van der Waals surface area contributed by atoms with Crippen molar-refractivity contribution in [2.24, 2.45) is 0 Å². The normalized spacial score (nSPS) is 16.7. The smallest absolute Gasteiger partial charge is 0.244 e. The van der Waals surface area contributed by atoms with Gasteiger partial charge in [0.25, 0.3) is 0 Å². The number of rotatable bonds is 5. The molecule has 0 spiro atoms. The predicted octanol–water partition coefficient (Wildman–Crippen LogP) is 1.53. The third-order valence-corrected chi connectivity index (χ3v) is 3.18. The van der Waals surface area contributed by atoms with E-state index in [1.165, 1.54) is 0 Å². The molecule has 0 saturated carbocycles. The van der Waals surface area contributed by atoms with E-state index in [0.717, 1.165) is 5.69 Å². The number of morpholine rings is 1. The monoisotopic (exact) mass is 293 g/mol. The Morgan fingerprint density at radius 2 is 2.10 bits per heavy atom. The minimum Gasteiger partial charge on any atom is -0.473 e. The Bertz CT molecular complexity index is 473. The van der Waals surface area contributed by atoms with E-state index in [0.29, 0.717) is 32.2 Å². The number of ether oxygens (including phenoxy) is 2. The van der Waals surface area contributed by atoms with E-state index in [9.17, 15) is 4.79 Å². The Morgan fingerprint density at radius 1 is 1.38 bits per heavy atom. The van der Waals surface area contributed by atoms with E-state index in [4.69, 9.17) is 9.47 Å². The Kier molecular flexibility index (Phi) is 5.38. The van der Waals surface area contributed by atoms with Gasteiger partial charge in [-0.05, 0) is 32.9 Å². The summed E-state index contributed by atoms with van der Waals surface area (Å²) in [5, 5.41) is 3.19. The van der Waals surface area contributed by atoms with Gasteiger partial charge >= 0.3 is 0 Å². The zero-order valence-electron chi connectivity index (χ0n) is 12.8. The number of amides is 1. The van der Waals surface area contributed by atoms with Gasteiger partial charge in [0.1, 0.15) is 6.04 Å². The van der Waals surface area contributed by atoms with Gasteiger partial charge in [0.2, 0.25) is 11.8 Å². The lowest BCUT2D eigenvalue weighted by molar-refractivity contribution is -0.135. The first-order valence-corrected chi connectivity index (χ1v) is 7.32. The summed E-state index contributed by atoms with van der Waals surface area (Å²) in [5.74, 6) is 0.590. The van der Waals surface area contributed by atoms with Crippen LogP contribution in [0.2, 0.25) is 0 Å². The fourth-order valence-corrected chi connectivity index (χ4v) is 2.17. The summed E-state index contributed by atoms with van der Waals surface area (Å²) < 4.78 is 10.9. The molecule has 1 aliphatic rings. The summed E-state index contributed by atoms with van der Waals surface area (Å²) in [6.07, 6.45) is 1.71. The van der Waals surface area contributed by atoms with Crippen molar-refractivity contribution in [3.63, 3.8) is 0 Å². The molecule has 2 heterocycles. The third-order valence-electron chi connectivity index (χ3n) is 3.18. The van der Waals surface area contributed by atoms with Crippen molar-refractivity contribution in [3.05, 3.63) is 18.3 Å². The van der Waals surface area contributed by atoms with Crippen molar-refractivity contribution >= 4 is 11.6 Å². The quantitative estimate of drug-likeness (QED) is 0.892. The second-order valence-electron chi connectivity index (χ2n) is 5.33. The molecule has 21 heavy (non-hydrogen) atoms. The first-order valence-electron chi connectivity index (χ1n) is 7.32. The molecule has 6 heteroatoms. The minimum absolute atomic E-state index is 0.0331. The van der Waals surface area contributed by atoms with E-state index in [1.54, 1.807) is 6.20 Å². The second kappa shape index (κ2) is 7.26. The molecule has 1 N–H and O–H groups in total. The second-order valence-corrected chi connectivity index (χ2v) is 5.33. The van der Waals surface area contributed by atoms with E-state index in [1.807, 2.05) is 37.8 Å². The molecular formula is C15H23N3O3. The number of anilines is 1. The van der Waals surface area contributed by atoms with Crippen LogP contribution in [0.1, 0.15) is 20.8 Å². The van der Waals surface area contributed by atoms with Gasteiger partial charge < -0.3 is 19.7 Å². The number of nitrogens with zero attached hydrogens (tertiary/aromatic N) is 2. The van der Waals surface area contributed by atoms with Crippen molar-refractivity contribution in [3.8, 4) is 5.88 Å². The maximum Gasteiger partial charge on any atom is 0.244 e. The van der Waals surface area contributed by atoms with Gasteiger partial charge in [-0.2, -0.15) is 0 Å². The third kappa shape index (κ3) is 4.32. The number of aromatic nitrogens is 1. The molecule has 1 aromatic rings. The number of hydrogen-bond donors (Lipinski definition) is 1. The van der Waals surface area contributed by atoms with Crippen LogP contribution < -0.4 is 10.1 Å². The number of carbonyl (C=O) groups is 1. The SMILES string of the molecule is CC(C)Oc1ncccc1NC(C)C(=O)N1CCOCC1. The average Bonchev–Trinajstić information content (AvgIpc) is 2.49. The average molecular weight is 293 g/mol. The standard InChI is InChI=1S/C15H23N3O3/c1-11(2)21-14-13(5-4-6-16-14)17-12(3)15(19)18-7-9-20-10-8-18/h4-6,11-12,17H,7-10H2,1-3H3. The van der Waals surface area contributed by atoms with Crippen LogP contribution in [0.5, 0.6) is 5.88 Å². The van der Waals surface area contributed by atoms with Gasteiger partial charge in [-0.25, -0.2) is 4.98 Å². The van der Waals surface area contributed by atoms with Crippen LogP contribution in [0.3, 0.4) is 0 Å². The fraction of sp³-hybridized carbons (Fsp3) is 0.600. The summed E-state index contributed by atoms with van der Waals surface area (Å²) in [5.41, 5.74) is 0.736. The summed E-state index contributed by atoms with van der Waals surface area (Å²) in [6.45, 7) is 8.24. The van der Waals surface area contributed by atoms with E-state index < -0.39 is 0 Å². The Labute approximate surface area is 125 Å². The van der Waals surface area contributed by atoms with Crippen molar-refractivity contribution in [2.45, 2.75) is 32.9 Å². The van der Waals surface area contributed by atoms with Gasteiger partial charge in [-0.15, -0.1) is 0 Å². The highest BCUT2D eigenvalue weighted by Gasteiger charge is 2.23. The van der Waals surface area contributed by atoms with Crippen LogP contribution in [0.15, 0.2) is 18.3 Å². The molecule has 1 fully saturated rings. The number of pyridine rings is 1. The van der Waals surface area contributed by atoms with Gasteiger partial charge in [-0.3, -0.25) is 4.79 Å². The van der Waals surface area contributed by atoms with E-state index >= 15 is 0 Å². The van der Waals surface area contributed by atoms with Gasteiger partial charge in [0.05, 0.1) is 25.0 Å². The van der Waals surface area contributed by atoms with Crippen LogP contribution >= 0.6 is 0 Å². The summed E-state index contributed by atoms with van der Waals surface area (Å²) in [6, 6.07) is 3.36. The largest absolute Gasteiger partial charge is 0.473 e. The Balaban J connectivity index is 2.01. The van der Waals surface area contributed by atoms with Crippen LogP contribution in [-0.2, 0) is 9.53 Å². The first kappa shape index (κ1) is 15.6. The van der Waals surface area contributed by atoms with Crippen molar-refractivity contribution in [1.82, 2.24) is 9.88 Å². The molecule has 1 saturated heterocycles. The lowest BCUT2D eigenvalue weighted by atomic mass is 10.2. The molecule has 0 aliphatic carbocycles. The summed E-state index contributed by atoms with van der Waals surface area (Å²) in [7, 11) is 0. The molecular weight excluding hydrogens is 270 g/mol. The van der Waals surface area contributed by atoms with E-state index in [-0.39, 0.29) is 18.1 Å². The molecule has 1 unspecified atom stereocenters. The molecule has 1 aromatic heterocycles. The zero-order chi connectivity index (χ0) is 15.2. The molecule has 2 rings (SSSR count). The molecule has 0 aromatic carbocycles. The van der Waals surface area contributed by atoms with Crippen molar-refractivity contribution in [1.29, 1.82) is 0 Å². The lowest BCUT2D eigenvalue weighted by Crippen LogP contribution is -2.47. The highest BCUT2D eigenvalue weighted by atomic mass is 16.5. The Morgan fingerprint density at radius 3 is 2.76 bits per heavy atom. The molecule has 1 atom stereocenters. The number of nitrogens with one attached hydrogen (secondary N) is 1. The zero-order valence-corrected chi connectivity index (χ0v) is 12.8. The molecule has 116 valence electrons. The van der Waals surface area contributed by atoms with Crippen LogP contribution in [0.4, 0.5) is 5.69 Å². The van der Waals surface area contributed by atoms with Crippen LogP contribution in [0.25, 0.3) is 0 Å². The van der Waals surface area contributed by atoms with Crippen LogP contribution in [0, 0.1) is 0 Å². The van der Waals surface area contributed by atoms with Crippen molar-refractivity contribution < 1.29 is 14.3 Å².